The second-order valence-electron chi connectivity index (χ2n) is 6.21. The zero-order valence-corrected chi connectivity index (χ0v) is 14.4. The fourth-order valence-corrected chi connectivity index (χ4v) is 2.39. The maximum atomic E-state index is 12.1. The first kappa shape index (κ1) is 17.1. The molecule has 0 aliphatic carbocycles. The first-order valence-corrected chi connectivity index (χ1v) is 8.13. The Morgan fingerprint density at radius 2 is 2.04 bits per heavy atom. The van der Waals surface area contributed by atoms with Crippen LogP contribution in [0, 0.1) is 5.41 Å². The van der Waals surface area contributed by atoms with E-state index in [-0.39, 0.29) is 11.8 Å². The lowest BCUT2D eigenvalue weighted by Crippen LogP contribution is -2.46. The summed E-state index contributed by atoms with van der Waals surface area (Å²) in [5.74, 6) is -0.468. The van der Waals surface area contributed by atoms with Crippen molar-refractivity contribution in [3.05, 3.63) is 29.9 Å². The first-order chi connectivity index (χ1) is 10.8. The Hall–Kier alpha value is -2.28. The molecular weight excluding hydrogens is 312 g/mol. The van der Waals surface area contributed by atoms with E-state index in [0.717, 1.165) is 11.3 Å². The van der Waals surface area contributed by atoms with E-state index < -0.39 is 11.5 Å². The van der Waals surface area contributed by atoms with E-state index in [4.69, 9.17) is 0 Å². The fraction of sp³-hybridized carbons (Fsp3) is 0.375. The van der Waals surface area contributed by atoms with Crippen LogP contribution in [0.5, 0.6) is 0 Å². The number of amides is 2. The van der Waals surface area contributed by atoms with Crippen molar-refractivity contribution in [2.24, 2.45) is 5.41 Å². The zero-order chi connectivity index (χ0) is 17.0. The standard InChI is InChI=1S/C16H20N4O2S/c1-10(18-14(22)16(2,3)4)13(21)20-15-19-12(9-23-15)11-6-5-7-17-8-11/h5-10H,1-4H3,(H,18,22)(H,19,20,21). The number of aromatic nitrogens is 2. The molecule has 2 rings (SSSR count). The van der Waals surface area contributed by atoms with Crippen LogP contribution in [0.25, 0.3) is 11.3 Å². The van der Waals surface area contributed by atoms with Crippen LogP contribution in [0.4, 0.5) is 5.13 Å². The van der Waals surface area contributed by atoms with Gasteiger partial charge in [-0.15, -0.1) is 11.3 Å². The summed E-state index contributed by atoms with van der Waals surface area (Å²) in [6, 6.07) is 3.10. The molecule has 23 heavy (non-hydrogen) atoms. The molecule has 0 aromatic carbocycles. The third-order valence-corrected chi connectivity index (χ3v) is 3.87. The van der Waals surface area contributed by atoms with Crippen LogP contribution < -0.4 is 10.6 Å². The highest BCUT2D eigenvalue weighted by molar-refractivity contribution is 7.14. The van der Waals surface area contributed by atoms with Crippen molar-refractivity contribution >= 4 is 28.3 Å². The lowest BCUT2D eigenvalue weighted by atomic mass is 9.95. The Labute approximate surface area is 139 Å². The number of nitrogens with one attached hydrogen (secondary N) is 2. The smallest absolute Gasteiger partial charge is 0.248 e. The molecule has 0 spiro atoms. The molecule has 0 radical (unpaired) electrons. The van der Waals surface area contributed by atoms with Crippen molar-refractivity contribution in [3.8, 4) is 11.3 Å². The van der Waals surface area contributed by atoms with E-state index in [1.165, 1.54) is 11.3 Å². The first-order valence-electron chi connectivity index (χ1n) is 7.25. The number of hydrogen-bond donors (Lipinski definition) is 2. The van der Waals surface area contributed by atoms with Gasteiger partial charge in [0.25, 0.3) is 0 Å². The van der Waals surface area contributed by atoms with Gasteiger partial charge in [0, 0.05) is 28.8 Å². The molecule has 1 atom stereocenters. The monoisotopic (exact) mass is 332 g/mol. The molecule has 0 aliphatic heterocycles. The van der Waals surface area contributed by atoms with Crippen LogP contribution in [0.15, 0.2) is 29.9 Å². The Bertz CT molecular complexity index is 692. The molecule has 0 aliphatic rings. The molecule has 2 aromatic rings. The number of thiazole rings is 1. The van der Waals surface area contributed by atoms with Crippen LogP contribution >= 0.6 is 11.3 Å². The summed E-state index contributed by atoms with van der Waals surface area (Å²) >= 11 is 1.33. The van der Waals surface area contributed by atoms with Gasteiger partial charge >= 0.3 is 0 Å². The van der Waals surface area contributed by atoms with E-state index in [1.807, 2.05) is 17.5 Å². The number of anilines is 1. The van der Waals surface area contributed by atoms with Gasteiger partial charge in [-0.2, -0.15) is 0 Å². The highest BCUT2D eigenvalue weighted by Gasteiger charge is 2.25. The molecule has 7 heteroatoms. The Morgan fingerprint density at radius 1 is 1.30 bits per heavy atom. The molecule has 0 bridgehead atoms. The number of carbonyl (C=O) groups is 2. The van der Waals surface area contributed by atoms with E-state index >= 15 is 0 Å². The minimum absolute atomic E-state index is 0.171. The lowest BCUT2D eigenvalue weighted by Gasteiger charge is -2.21. The molecule has 2 N–H and O–H groups in total. The van der Waals surface area contributed by atoms with Gasteiger partial charge in [0.15, 0.2) is 5.13 Å². The molecule has 2 amide bonds. The van der Waals surface area contributed by atoms with E-state index in [2.05, 4.69) is 20.6 Å². The third-order valence-electron chi connectivity index (χ3n) is 3.11. The predicted molar refractivity (Wildman–Crippen MR) is 91.0 cm³/mol. The van der Waals surface area contributed by atoms with Crippen molar-refractivity contribution in [2.45, 2.75) is 33.7 Å². The Kier molecular flexibility index (Phi) is 5.10. The Balaban J connectivity index is 1.98. The number of nitrogens with zero attached hydrogens (tertiary/aromatic N) is 2. The van der Waals surface area contributed by atoms with Crippen LogP contribution in [0.2, 0.25) is 0 Å². The number of rotatable bonds is 4. The quantitative estimate of drug-likeness (QED) is 0.901. The normalized spacial score (nSPS) is 12.5. The van der Waals surface area contributed by atoms with E-state index in [9.17, 15) is 9.59 Å². The van der Waals surface area contributed by atoms with Crippen LogP contribution in [-0.4, -0.2) is 27.8 Å². The summed E-state index contributed by atoms with van der Waals surface area (Å²) in [6.45, 7) is 7.05. The molecule has 2 aromatic heterocycles. The fourth-order valence-electron chi connectivity index (χ4n) is 1.67. The molecule has 2 heterocycles. The summed E-state index contributed by atoms with van der Waals surface area (Å²) in [6.07, 6.45) is 3.41. The highest BCUT2D eigenvalue weighted by atomic mass is 32.1. The van der Waals surface area contributed by atoms with Crippen molar-refractivity contribution in [2.75, 3.05) is 5.32 Å². The second kappa shape index (κ2) is 6.87. The molecule has 0 saturated heterocycles. The highest BCUT2D eigenvalue weighted by Crippen LogP contribution is 2.24. The van der Waals surface area contributed by atoms with Crippen molar-refractivity contribution < 1.29 is 9.59 Å². The van der Waals surface area contributed by atoms with Crippen LogP contribution in [-0.2, 0) is 9.59 Å². The van der Waals surface area contributed by atoms with Crippen molar-refractivity contribution in [3.63, 3.8) is 0 Å². The van der Waals surface area contributed by atoms with Crippen LogP contribution in [0.1, 0.15) is 27.7 Å². The number of pyridine rings is 1. The van der Waals surface area contributed by atoms with Crippen molar-refractivity contribution in [1.82, 2.24) is 15.3 Å². The van der Waals surface area contributed by atoms with Gasteiger partial charge in [-0.25, -0.2) is 4.98 Å². The summed E-state index contributed by atoms with van der Waals surface area (Å²) in [4.78, 5) is 32.5. The molecule has 0 fully saturated rings. The largest absolute Gasteiger partial charge is 0.344 e. The van der Waals surface area contributed by atoms with Gasteiger partial charge < -0.3 is 10.6 Å². The summed E-state index contributed by atoms with van der Waals surface area (Å²) < 4.78 is 0. The molecule has 1 unspecified atom stereocenters. The minimum atomic E-state index is -0.632. The van der Waals surface area contributed by atoms with Crippen molar-refractivity contribution in [1.29, 1.82) is 0 Å². The van der Waals surface area contributed by atoms with E-state index in [0.29, 0.717) is 5.13 Å². The summed E-state index contributed by atoms with van der Waals surface area (Å²) in [7, 11) is 0. The molecular formula is C16H20N4O2S. The van der Waals surface area contributed by atoms with Gasteiger partial charge in [0.05, 0.1) is 5.69 Å². The predicted octanol–water partition coefficient (Wildman–Crippen LogP) is 2.69. The van der Waals surface area contributed by atoms with Gasteiger partial charge in [0.2, 0.25) is 11.8 Å². The van der Waals surface area contributed by atoms with Gasteiger partial charge in [-0.3, -0.25) is 14.6 Å². The number of carbonyl (C=O) groups excluding carboxylic acids is 2. The number of hydrogen-bond acceptors (Lipinski definition) is 5. The third kappa shape index (κ3) is 4.59. The van der Waals surface area contributed by atoms with Gasteiger partial charge in [-0.1, -0.05) is 20.8 Å². The SMILES string of the molecule is CC(NC(=O)C(C)(C)C)C(=O)Nc1nc(-c2cccnc2)cs1. The molecule has 122 valence electrons. The van der Waals surface area contributed by atoms with E-state index in [1.54, 1.807) is 40.1 Å². The summed E-state index contributed by atoms with van der Waals surface area (Å²) in [5.41, 5.74) is 1.10. The van der Waals surface area contributed by atoms with Crippen LogP contribution in [0.3, 0.4) is 0 Å². The molecule has 0 saturated carbocycles. The maximum Gasteiger partial charge on any atom is 0.248 e. The summed E-state index contributed by atoms with van der Waals surface area (Å²) in [5, 5.41) is 7.76. The maximum absolute atomic E-state index is 12.1. The Morgan fingerprint density at radius 3 is 2.65 bits per heavy atom. The average molecular weight is 332 g/mol. The molecule has 6 nitrogen and oxygen atoms in total. The minimum Gasteiger partial charge on any atom is -0.344 e. The average Bonchev–Trinajstić information content (AvgIpc) is 2.95. The topological polar surface area (TPSA) is 84.0 Å². The van der Waals surface area contributed by atoms with Gasteiger partial charge in [-0.05, 0) is 19.1 Å². The van der Waals surface area contributed by atoms with Gasteiger partial charge in [0.1, 0.15) is 6.04 Å². The lowest BCUT2D eigenvalue weighted by molar-refractivity contribution is -0.131. The second-order valence-corrected chi connectivity index (χ2v) is 7.07. The zero-order valence-electron chi connectivity index (χ0n) is 13.6.